The van der Waals surface area contributed by atoms with Gasteiger partial charge >= 0.3 is 0 Å². The quantitative estimate of drug-likeness (QED) is 0.763. The largest absolute Gasteiger partial charge is 0.368 e. The molecule has 6 nitrogen and oxygen atoms in total. The Hall–Kier alpha value is -2.70. The number of H-pyrrole nitrogens is 1. The van der Waals surface area contributed by atoms with E-state index in [0.717, 1.165) is 55.9 Å². The molecule has 2 aliphatic rings. The number of ether oxygens (including phenoxy) is 1. The number of fused-ring (bicyclic) bond motifs is 2. The van der Waals surface area contributed by atoms with Gasteiger partial charge in [0.05, 0.1) is 18.0 Å². The van der Waals surface area contributed by atoms with Crippen molar-refractivity contribution in [1.29, 1.82) is 0 Å². The van der Waals surface area contributed by atoms with E-state index in [4.69, 9.17) is 9.84 Å². The highest BCUT2D eigenvalue weighted by Gasteiger charge is 2.43. The van der Waals surface area contributed by atoms with Crippen molar-refractivity contribution in [2.24, 2.45) is 0 Å². The van der Waals surface area contributed by atoms with Gasteiger partial charge in [0.15, 0.2) is 0 Å². The summed E-state index contributed by atoms with van der Waals surface area (Å²) in [5.74, 6) is 0. The topological polar surface area (TPSA) is 63.1 Å². The smallest absolute Gasteiger partial charge is 0.252 e. The van der Waals surface area contributed by atoms with Crippen molar-refractivity contribution in [3.8, 4) is 5.69 Å². The zero-order valence-corrected chi connectivity index (χ0v) is 15.8. The van der Waals surface area contributed by atoms with Crippen LogP contribution in [0.3, 0.4) is 0 Å². The normalized spacial score (nSPS) is 18.9. The first kappa shape index (κ1) is 17.4. The molecular formula is C22H24N4O2. The molecule has 3 aromatic rings. The molecule has 6 heteroatoms. The zero-order valence-electron chi connectivity index (χ0n) is 15.8. The molecule has 0 bridgehead atoms. The Labute approximate surface area is 163 Å². The molecule has 0 amide bonds. The first-order valence-electron chi connectivity index (χ1n) is 9.91. The van der Waals surface area contributed by atoms with Crippen LogP contribution < -0.4 is 5.56 Å². The molecule has 0 unspecified atom stereocenters. The van der Waals surface area contributed by atoms with Crippen molar-refractivity contribution < 1.29 is 4.74 Å². The number of hydrogen-bond acceptors (Lipinski definition) is 4. The standard InChI is InChI=1S/C22H24N4O2/c27-21-18(5-4-11-23-21)15-25-12-9-22(10-13-25)20-17(8-14-28-22)16-26(24-20)19-6-2-1-3-7-19/h1-7,11,16H,8-10,12-15H2,(H,23,27). The Morgan fingerprint density at radius 2 is 1.93 bits per heavy atom. The molecule has 0 atom stereocenters. The van der Waals surface area contributed by atoms with Gasteiger partial charge in [-0.25, -0.2) is 4.68 Å². The van der Waals surface area contributed by atoms with E-state index in [9.17, 15) is 4.79 Å². The van der Waals surface area contributed by atoms with Crippen LogP contribution in [-0.4, -0.2) is 39.4 Å². The highest BCUT2D eigenvalue weighted by atomic mass is 16.5. The molecule has 1 aromatic carbocycles. The monoisotopic (exact) mass is 376 g/mol. The molecule has 2 aromatic heterocycles. The summed E-state index contributed by atoms with van der Waals surface area (Å²) >= 11 is 0. The molecule has 0 radical (unpaired) electrons. The molecule has 144 valence electrons. The summed E-state index contributed by atoms with van der Waals surface area (Å²) < 4.78 is 8.32. The minimum atomic E-state index is -0.298. The number of nitrogens with one attached hydrogen (secondary N) is 1. The number of aromatic amines is 1. The number of likely N-dealkylation sites (tertiary alicyclic amines) is 1. The zero-order chi connectivity index (χ0) is 19.0. The molecular weight excluding hydrogens is 352 g/mol. The Balaban J connectivity index is 1.36. The van der Waals surface area contributed by atoms with E-state index in [2.05, 4.69) is 28.2 Å². The lowest BCUT2D eigenvalue weighted by Crippen LogP contribution is -2.46. The third-order valence-electron chi connectivity index (χ3n) is 5.95. The predicted molar refractivity (Wildman–Crippen MR) is 106 cm³/mol. The minimum Gasteiger partial charge on any atom is -0.368 e. The van der Waals surface area contributed by atoms with Crippen molar-refractivity contribution >= 4 is 0 Å². The van der Waals surface area contributed by atoms with Crippen molar-refractivity contribution in [3.63, 3.8) is 0 Å². The molecule has 2 aliphatic heterocycles. The first-order chi connectivity index (χ1) is 13.7. The fourth-order valence-corrected chi connectivity index (χ4v) is 4.39. The fraction of sp³-hybridized carbons (Fsp3) is 0.364. The molecule has 0 saturated carbocycles. The summed E-state index contributed by atoms with van der Waals surface area (Å²) in [6, 6.07) is 14.0. The lowest BCUT2D eigenvalue weighted by atomic mass is 9.83. The van der Waals surface area contributed by atoms with Crippen LogP contribution in [-0.2, 0) is 23.3 Å². The third kappa shape index (κ3) is 3.08. The average Bonchev–Trinajstić information content (AvgIpc) is 3.18. The van der Waals surface area contributed by atoms with Crippen molar-refractivity contribution in [2.75, 3.05) is 19.7 Å². The summed E-state index contributed by atoms with van der Waals surface area (Å²) in [5, 5.41) is 4.94. The Morgan fingerprint density at radius 1 is 1.11 bits per heavy atom. The van der Waals surface area contributed by atoms with Crippen molar-refractivity contribution in [2.45, 2.75) is 31.4 Å². The summed E-state index contributed by atoms with van der Waals surface area (Å²) in [6.45, 7) is 3.21. The Kier molecular flexibility index (Phi) is 4.37. The second kappa shape index (κ2) is 7.04. The highest BCUT2D eigenvalue weighted by molar-refractivity contribution is 5.35. The highest BCUT2D eigenvalue weighted by Crippen LogP contribution is 2.41. The van der Waals surface area contributed by atoms with Crippen LogP contribution in [0.1, 0.15) is 29.7 Å². The third-order valence-corrected chi connectivity index (χ3v) is 5.95. The molecule has 5 rings (SSSR count). The van der Waals surface area contributed by atoms with Gasteiger partial charge in [-0.15, -0.1) is 0 Å². The number of hydrogen-bond donors (Lipinski definition) is 1. The van der Waals surface area contributed by atoms with Gasteiger partial charge in [-0.2, -0.15) is 5.10 Å². The van der Waals surface area contributed by atoms with Gasteiger partial charge in [-0.05, 0) is 43.0 Å². The number of benzene rings is 1. The van der Waals surface area contributed by atoms with Crippen LogP contribution in [0.2, 0.25) is 0 Å². The SMILES string of the molecule is O=c1[nH]cccc1CN1CCC2(CC1)OCCc1cn(-c3ccccc3)nc12. The van der Waals surface area contributed by atoms with Crippen LogP contribution in [0.5, 0.6) is 0 Å². The maximum absolute atomic E-state index is 12.0. The molecule has 1 saturated heterocycles. The van der Waals surface area contributed by atoms with E-state index in [-0.39, 0.29) is 11.2 Å². The second-order valence-electron chi connectivity index (χ2n) is 7.68. The minimum absolute atomic E-state index is 0.000550. The number of aromatic nitrogens is 3. The summed E-state index contributed by atoms with van der Waals surface area (Å²) in [5.41, 5.74) is 3.99. The molecule has 1 spiro atoms. The summed E-state index contributed by atoms with van der Waals surface area (Å²) in [4.78, 5) is 17.1. The summed E-state index contributed by atoms with van der Waals surface area (Å²) in [6.07, 6.45) is 6.54. The lowest BCUT2D eigenvalue weighted by molar-refractivity contribution is -0.102. The van der Waals surface area contributed by atoms with E-state index in [0.29, 0.717) is 6.54 Å². The van der Waals surface area contributed by atoms with E-state index in [1.165, 1.54) is 5.56 Å². The number of nitrogens with zero attached hydrogens (tertiary/aromatic N) is 3. The molecule has 1 N–H and O–H groups in total. The predicted octanol–water partition coefficient (Wildman–Crippen LogP) is 2.62. The van der Waals surface area contributed by atoms with Gasteiger partial charge in [0.25, 0.3) is 5.56 Å². The molecule has 0 aliphatic carbocycles. The van der Waals surface area contributed by atoms with Crippen LogP contribution in [0.4, 0.5) is 0 Å². The van der Waals surface area contributed by atoms with Gasteiger partial charge in [0, 0.05) is 37.6 Å². The maximum Gasteiger partial charge on any atom is 0.252 e. The average molecular weight is 376 g/mol. The Bertz CT molecular complexity index is 1020. The molecule has 4 heterocycles. The summed E-state index contributed by atoms with van der Waals surface area (Å²) in [7, 11) is 0. The molecule has 1 fully saturated rings. The number of para-hydroxylation sites is 1. The van der Waals surface area contributed by atoms with Crippen LogP contribution in [0, 0.1) is 0 Å². The number of piperidine rings is 1. The molecule has 28 heavy (non-hydrogen) atoms. The fourth-order valence-electron chi connectivity index (χ4n) is 4.39. The van der Waals surface area contributed by atoms with Crippen LogP contribution in [0.25, 0.3) is 5.69 Å². The number of pyridine rings is 1. The van der Waals surface area contributed by atoms with E-state index < -0.39 is 0 Å². The van der Waals surface area contributed by atoms with E-state index in [1.54, 1.807) is 6.20 Å². The van der Waals surface area contributed by atoms with Gasteiger partial charge in [0.1, 0.15) is 5.60 Å². The van der Waals surface area contributed by atoms with Gasteiger partial charge < -0.3 is 9.72 Å². The van der Waals surface area contributed by atoms with E-state index >= 15 is 0 Å². The maximum atomic E-state index is 12.0. The van der Waals surface area contributed by atoms with Crippen molar-refractivity contribution in [3.05, 3.63) is 82.0 Å². The van der Waals surface area contributed by atoms with E-state index in [1.807, 2.05) is 35.0 Å². The van der Waals surface area contributed by atoms with Gasteiger partial charge in [0.2, 0.25) is 0 Å². The van der Waals surface area contributed by atoms with Crippen LogP contribution >= 0.6 is 0 Å². The lowest BCUT2D eigenvalue weighted by Gasteiger charge is -2.43. The van der Waals surface area contributed by atoms with Gasteiger partial charge in [-0.3, -0.25) is 9.69 Å². The second-order valence-corrected chi connectivity index (χ2v) is 7.68. The Morgan fingerprint density at radius 3 is 2.71 bits per heavy atom. The number of rotatable bonds is 3. The first-order valence-corrected chi connectivity index (χ1v) is 9.91. The van der Waals surface area contributed by atoms with Crippen LogP contribution in [0.15, 0.2) is 59.7 Å². The van der Waals surface area contributed by atoms with Crippen molar-refractivity contribution in [1.82, 2.24) is 19.7 Å². The van der Waals surface area contributed by atoms with Gasteiger partial charge in [-0.1, -0.05) is 24.3 Å².